The molecule has 4 rings (SSSR count). The van der Waals surface area contributed by atoms with Crippen LogP contribution in [0, 0.1) is 5.82 Å². The molecule has 1 fully saturated rings. The largest absolute Gasteiger partial charge is 0.331 e. The summed E-state index contributed by atoms with van der Waals surface area (Å²) < 4.78 is 15.5. The van der Waals surface area contributed by atoms with Crippen LogP contribution in [0.3, 0.4) is 0 Å². The Morgan fingerprint density at radius 3 is 2.83 bits per heavy atom. The van der Waals surface area contributed by atoms with Crippen LogP contribution in [0.25, 0.3) is 0 Å². The predicted octanol–water partition coefficient (Wildman–Crippen LogP) is 2.91. The Hall–Kier alpha value is -2.90. The van der Waals surface area contributed by atoms with Gasteiger partial charge in [0, 0.05) is 19.2 Å². The number of amides is 3. The number of carbonyl (C=O) groups is 2. The van der Waals surface area contributed by atoms with Crippen LogP contribution >= 0.6 is 0 Å². The first kappa shape index (κ1) is 19.4. The zero-order valence-corrected chi connectivity index (χ0v) is 16.5. The quantitative estimate of drug-likeness (QED) is 0.830. The van der Waals surface area contributed by atoms with Crippen LogP contribution in [0.5, 0.6) is 0 Å². The Morgan fingerprint density at radius 1 is 1.21 bits per heavy atom. The van der Waals surface area contributed by atoms with E-state index in [2.05, 4.69) is 15.7 Å². The Balaban J connectivity index is 1.42. The minimum Gasteiger partial charge on any atom is -0.331 e. The van der Waals surface area contributed by atoms with Gasteiger partial charge in [-0.2, -0.15) is 5.10 Å². The summed E-state index contributed by atoms with van der Waals surface area (Å²) in [6, 6.07) is 5.34. The molecule has 1 aliphatic carbocycles. The number of hydrogen-bond donors (Lipinski definition) is 2. The third kappa shape index (κ3) is 3.97. The summed E-state index contributed by atoms with van der Waals surface area (Å²) in [5, 5.41) is 9.99. The van der Waals surface area contributed by atoms with Crippen molar-refractivity contribution in [1.82, 2.24) is 20.4 Å². The summed E-state index contributed by atoms with van der Waals surface area (Å²) >= 11 is 0. The molecule has 8 heteroatoms. The van der Waals surface area contributed by atoms with Crippen molar-refractivity contribution in [3.05, 3.63) is 47.4 Å². The van der Waals surface area contributed by atoms with E-state index < -0.39 is 12.1 Å². The van der Waals surface area contributed by atoms with E-state index in [9.17, 15) is 14.0 Å². The van der Waals surface area contributed by atoms with Gasteiger partial charge in [0.15, 0.2) is 0 Å². The summed E-state index contributed by atoms with van der Waals surface area (Å²) in [7, 11) is 0. The summed E-state index contributed by atoms with van der Waals surface area (Å²) in [5.41, 5.74) is 1.89. The number of nitrogens with one attached hydrogen (secondary N) is 2. The van der Waals surface area contributed by atoms with Crippen molar-refractivity contribution in [3.8, 4) is 0 Å². The molecule has 0 spiro atoms. The van der Waals surface area contributed by atoms with Crippen molar-refractivity contribution < 1.29 is 14.0 Å². The van der Waals surface area contributed by atoms with Crippen LogP contribution in [0.2, 0.25) is 0 Å². The van der Waals surface area contributed by atoms with Crippen molar-refractivity contribution in [3.63, 3.8) is 0 Å². The number of aromatic nitrogens is 2. The van der Waals surface area contributed by atoms with Crippen molar-refractivity contribution in [1.29, 1.82) is 0 Å². The topological polar surface area (TPSA) is 79.3 Å². The number of fused-ring (bicyclic) bond motifs is 1. The monoisotopic (exact) mass is 399 g/mol. The molecule has 2 atom stereocenters. The smallest absolute Gasteiger partial charge is 0.315 e. The molecular weight excluding hydrogens is 373 g/mol. The molecule has 1 aromatic carbocycles. The summed E-state index contributed by atoms with van der Waals surface area (Å²) in [6.45, 7) is 3.25. The van der Waals surface area contributed by atoms with E-state index in [4.69, 9.17) is 0 Å². The molecule has 1 aliphatic heterocycles. The molecule has 29 heavy (non-hydrogen) atoms. The molecule has 1 unspecified atom stereocenters. The lowest BCUT2D eigenvalue weighted by Gasteiger charge is -2.33. The number of rotatable bonds is 4. The van der Waals surface area contributed by atoms with E-state index in [0.29, 0.717) is 19.5 Å². The van der Waals surface area contributed by atoms with Crippen LogP contribution in [0.1, 0.15) is 49.8 Å². The maximum absolute atomic E-state index is 13.7. The zero-order chi connectivity index (χ0) is 20.4. The van der Waals surface area contributed by atoms with Gasteiger partial charge < -0.3 is 10.6 Å². The number of urea groups is 1. The molecule has 0 bridgehead atoms. The number of piperidine rings is 1. The first-order valence-corrected chi connectivity index (χ1v) is 10.3. The standard InChI is InChI=1S/C21H26FN5O2/c1-2-27-19(10-11-23-27)26-12-4-7-18(20(26)28)25-21(29)24-17-6-3-5-14-8-9-15(22)13-16(14)17/h8-11,13,17-18H,2-7,12H2,1H3,(H2,24,25,29)/t17-,18?/m0/s1. The van der Waals surface area contributed by atoms with Gasteiger partial charge >= 0.3 is 6.03 Å². The molecule has 0 radical (unpaired) electrons. The Bertz CT molecular complexity index is 912. The van der Waals surface area contributed by atoms with Crippen molar-refractivity contribution in [2.24, 2.45) is 0 Å². The predicted molar refractivity (Wildman–Crippen MR) is 107 cm³/mol. The SMILES string of the molecule is CCn1nccc1N1CCCC(NC(=O)N[C@H]2CCCc3ccc(F)cc32)C1=O. The second kappa shape index (κ2) is 8.23. The number of halogens is 1. The summed E-state index contributed by atoms with van der Waals surface area (Å²) in [5.74, 6) is 0.321. The van der Waals surface area contributed by atoms with Gasteiger partial charge in [0.25, 0.3) is 5.91 Å². The van der Waals surface area contributed by atoms with Gasteiger partial charge in [-0.15, -0.1) is 0 Å². The molecule has 2 aromatic rings. The Kier molecular flexibility index (Phi) is 5.51. The maximum Gasteiger partial charge on any atom is 0.315 e. The highest BCUT2D eigenvalue weighted by atomic mass is 19.1. The molecule has 2 N–H and O–H groups in total. The first-order valence-electron chi connectivity index (χ1n) is 10.3. The molecule has 154 valence electrons. The zero-order valence-electron chi connectivity index (χ0n) is 16.5. The van der Waals surface area contributed by atoms with Crippen molar-refractivity contribution in [2.45, 2.75) is 57.7 Å². The number of hydrogen-bond acceptors (Lipinski definition) is 3. The lowest BCUT2D eigenvalue weighted by Crippen LogP contribution is -2.55. The number of benzene rings is 1. The average molecular weight is 399 g/mol. The van der Waals surface area contributed by atoms with E-state index >= 15 is 0 Å². The molecule has 2 aliphatic rings. The maximum atomic E-state index is 13.7. The highest BCUT2D eigenvalue weighted by Gasteiger charge is 2.33. The molecule has 1 saturated heterocycles. The van der Waals surface area contributed by atoms with E-state index in [1.165, 1.54) is 12.1 Å². The second-order valence-corrected chi connectivity index (χ2v) is 7.60. The van der Waals surface area contributed by atoms with Crippen LogP contribution in [0.15, 0.2) is 30.5 Å². The lowest BCUT2D eigenvalue weighted by atomic mass is 9.87. The highest BCUT2D eigenvalue weighted by molar-refractivity contribution is 5.99. The molecule has 2 heterocycles. The van der Waals surface area contributed by atoms with Gasteiger partial charge in [0.2, 0.25) is 0 Å². The van der Waals surface area contributed by atoms with Crippen molar-refractivity contribution >= 4 is 17.8 Å². The second-order valence-electron chi connectivity index (χ2n) is 7.60. The molecular formula is C21H26FN5O2. The van der Waals surface area contributed by atoms with Gasteiger partial charge in [-0.3, -0.25) is 9.69 Å². The van der Waals surface area contributed by atoms with E-state index in [-0.39, 0.29) is 17.8 Å². The van der Waals surface area contributed by atoms with Gasteiger partial charge in [0.1, 0.15) is 17.7 Å². The van der Waals surface area contributed by atoms with Gasteiger partial charge in [-0.1, -0.05) is 6.07 Å². The van der Waals surface area contributed by atoms with Gasteiger partial charge in [-0.25, -0.2) is 13.9 Å². The lowest BCUT2D eigenvalue weighted by molar-refractivity contribution is -0.121. The number of aryl methyl sites for hydroxylation is 2. The van der Waals surface area contributed by atoms with Crippen molar-refractivity contribution in [2.75, 3.05) is 11.4 Å². The normalized spacial score (nSPS) is 21.6. The van der Waals surface area contributed by atoms with Crippen LogP contribution < -0.4 is 15.5 Å². The van der Waals surface area contributed by atoms with E-state index in [0.717, 1.165) is 42.6 Å². The molecule has 0 saturated carbocycles. The summed E-state index contributed by atoms with van der Waals surface area (Å²) in [4.78, 5) is 27.3. The first-order chi connectivity index (χ1) is 14.1. The van der Waals surface area contributed by atoms with Gasteiger partial charge in [-0.05, 0) is 62.3 Å². The van der Waals surface area contributed by atoms with Gasteiger partial charge in [0.05, 0.1) is 12.2 Å². The van der Waals surface area contributed by atoms with Crippen LogP contribution in [0.4, 0.5) is 15.0 Å². The fraction of sp³-hybridized carbons (Fsp3) is 0.476. The summed E-state index contributed by atoms with van der Waals surface area (Å²) in [6.07, 6.45) is 5.64. The third-order valence-electron chi connectivity index (χ3n) is 5.74. The fourth-order valence-corrected chi connectivity index (χ4v) is 4.31. The minimum absolute atomic E-state index is 0.128. The van der Waals surface area contributed by atoms with Crippen LogP contribution in [-0.4, -0.2) is 34.3 Å². The average Bonchev–Trinajstić information content (AvgIpc) is 3.18. The molecule has 1 aromatic heterocycles. The minimum atomic E-state index is -0.584. The molecule has 3 amide bonds. The fourth-order valence-electron chi connectivity index (χ4n) is 4.31. The number of anilines is 1. The number of carbonyl (C=O) groups excluding carboxylic acids is 2. The molecule has 7 nitrogen and oxygen atoms in total. The third-order valence-corrected chi connectivity index (χ3v) is 5.74. The van der Waals surface area contributed by atoms with Crippen LogP contribution in [-0.2, 0) is 17.8 Å². The number of nitrogens with zero attached hydrogens (tertiary/aromatic N) is 3. The van der Waals surface area contributed by atoms with E-state index in [1.807, 2.05) is 13.0 Å². The highest BCUT2D eigenvalue weighted by Crippen LogP contribution is 2.30. The Labute approximate surface area is 169 Å². The Morgan fingerprint density at radius 2 is 2.00 bits per heavy atom. The van der Waals surface area contributed by atoms with E-state index in [1.54, 1.807) is 21.8 Å².